The van der Waals surface area contributed by atoms with Gasteiger partial charge in [0.05, 0.1) is 18.9 Å². The van der Waals surface area contributed by atoms with Crippen molar-refractivity contribution in [2.24, 2.45) is 4.36 Å². The van der Waals surface area contributed by atoms with Crippen molar-refractivity contribution in [3.05, 3.63) is 72.9 Å². The zero-order valence-electron chi connectivity index (χ0n) is 20.9. The number of amides is 1. The molecule has 1 amide bonds. The first-order valence-corrected chi connectivity index (χ1v) is 14.1. The van der Waals surface area contributed by atoms with Crippen LogP contribution < -0.4 is 20.9 Å². The van der Waals surface area contributed by atoms with Gasteiger partial charge in [0.2, 0.25) is 5.95 Å². The molecule has 0 aliphatic carbocycles. The fourth-order valence-corrected chi connectivity index (χ4v) is 4.32. The molecule has 1 aromatic heterocycles. The molecular weight excluding hydrogens is 490 g/mol. The molecule has 0 radical (unpaired) electrons. The van der Waals surface area contributed by atoms with E-state index in [4.69, 9.17) is 4.74 Å². The van der Waals surface area contributed by atoms with E-state index in [1.54, 1.807) is 36.8 Å². The van der Waals surface area contributed by atoms with Crippen molar-refractivity contribution in [1.82, 2.24) is 15.3 Å². The predicted octanol–water partition coefficient (Wildman–Crippen LogP) is 4.08. The van der Waals surface area contributed by atoms with Crippen LogP contribution in [-0.4, -0.2) is 65.4 Å². The molecule has 2 aromatic carbocycles. The number of rotatable bonds is 9. The van der Waals surface area contributed by atoms with Crippen LogP contribution in [0.2, 0.25) is 0 Å². The van der Waals surface area contributed by atoms with Gasteiger partial charge in [0.1, 0.15) is 11.4 Å². The van der Waals surface area contributed by atoms with Gasteiger partial charge < -0.3 is 25.6 Å². The maximum atomic E-state index is 12.8. The van der Waals surface area contributed by atoms with E-state index in [0.717, 1.165) is 37.7 Å². The summed E-state index contributed by atoms with van der Waals surface area (Å²) >= 11 is 0. The lowest BCUT2D eigenvalue weighted by Gasteiger charge is -2.28. The van der Waals surface area contributed by atoms with Crippen LogP contribution in [0.1, 0.15) is 10.4 Å². The van der Waals surface area contributed by atoms with E-state index >= 15 is 0 Å². The molecule has 4 rings (SSSR count). The Bertz CT molecular complexity index is 1370. The van der Waals surface area contributed by atoms with E-state index in [1.807, 2.05) is 30.3 Å². The second kappa shape index (κ2) is 11.8. The summed E-state index contributed by atoms with van der Waals surface area (Å²) in [4.78, 5) is 24.0. The van der Waals surface area contributed by atoms with Gasteiger partial charge in [-0.05, 0) is 42.5 Å². The normalized spacial score (nSPS) is 13.5. The quantitative estimate of drug-likeness (QED) is 0.360. The minimum atomic E-state index is -2.32. The van der Waals surface area contributed by atoms with Crippen molar-refractivity contribution in [2.75, 3.05) is 60.9 Å². The third-order valence-electron chi connectivity index (χ3n) is 5.37. The molecule has 2 heterocycles. The van der Waals surface area contributed by atoms with Crippen LogP contribution in [0.5, 0.6) is 0 Å². The van der Waals surface area contributed by atoms with Crippen LogP contribution in [0.4, 0.5) is 34.5 Å². The summed E-state index contributed by atoms with van der Waals surface area (Å²) in [5, 5.41) is 9.14. The minimum absolute atomic E-state index is 0.271. The Morgan fingerprint density at radius 3 is 2.59 bits per heavy atom. The van der Waals surface area contributed by atoms with Crippen molar-refractivity contribution in [3.8, 4) is 0 Å². The molecule has 0 unspecified atom stereocenters. The maximum absolute atomic E-state index is 12.8. The largest absolute Gasteiger partial charge is 0.378 e. The number of nitrogens with one attached hydrogen (secondary N) is 3. The highest BCUT2D eigenvalue weighted by molar-refractivity contribution is 7.92. The lowest BCUT2D eigenvalue weighted by Crippen LogP contribution is -2.36. The highest BCUT2D eigenvalue weighted by Crippen LogP contribution is 2.26. The third kappa shape index (κ3) is 7.51. The molecule has 1 aliphatic rings. The standard InChI is InChI=1S/C26H31N7O3S/c1-4-12-27-25(34)23-18-28-26(30-19-8-10-22(11-9-19)33-13-15-36-16-14-33)31-24(23)29-20-6-5-7-21(17-20)32-37(2,3)35/h4-11,17-18H,1,12-16H2,2-3H3,(H,27,34)(H2,28,29,30,31). The van der Waals surface area contributed by atoms with Crippen molar-refractivity contribution in [1.29, 1.82) is 0 Å². The Morgan fingerprint density at radius 1 is 1.14 bits per heavy atom. The summed E-state index contributed by atoms with van der Waals surface area (Å²) < 4.78 is 21.8. The highest BCUT2D eigenvalue weighted by atomic mass is 32.2. The molecule has 11 heteroatoms. The number of anilines is 5. The molecule has 10 nitrogen and oxygen atoms in total. The van der Waals surface area contributed by atoms with Crippen LogP contribution in [-0.2, 0) is 14.5 Å². The van der Waals surface area contributed by atoms with Crippen LogP contribution in [0.25, 0.3) is 0 Å². The van der Waals surface area contributed by atoms with Gasteiger partial charge in [0.15, 0.2) is 0 Å². The molecule has 0 saturated carbocycles. The Kier molecular flexibility index (Phi) is 8.36. The Morgan fingerprint density at radius 2 is 1.89 bits per heavy atom. The van der Waals surface area contributed by atoms with Crippen molar-refractivity contribution >= 4 is 50.2 Å². The van der Waals surface area contributed by atoms with E-state index in [-0.39, 0.29) is 11.5 Å². The average Bonchev–Trinajstić information content (AvgIpc) is 2.88. The first-order valence-electron chi connectivity index (χ1n) is 11.8. The Hall–Kier alpha value is -3.96. The number of carbonyl (C=O) groups is 1. The van der Waals surface area contributed by atoms with Crippen LogP contribution in [0.15, 0.2) is 71.7 Å². The van der Waals surface area contributed by atoms with E-state index in [9.17, 15) is 9.00 Å². The van der Waals surface area contributed by atoms with Gasteiger partial charge in [-0.25, -0.2) is 9.19 Å². The van der Waals surface area contributed by atoms with Gasteiger partial charge in [-0.1, -0.05) is 12.1 Å². The van der Waals surface area contributed by atoms with E-state index in [0.29, 0.717) is 29.7 Å². The summed E-state index contributed by atoms with van der Waals surface area (Å²) in [6.07, 6.45) is 6.22. The number of benzene rings is 2. The first-order chi connectivity index (χ1) is 17.8. The zero-order chi connectivity index (χ0) is 26.3. The second-order valence-corrected chi connectivity index (χ2v) is 11.2. The summed E-state index contributed by atoms with van der Waals surface area (Å²) in [5.74, 6) is 0.303. The number of ether oxygens (including phenoxy) is 1. The molecule has 0 atom stereocenters. The average molecular weight is 522 g/mol. The van der Waals surface area contributed by atoms with Crippen molar-refractivity contribution in [2.45, 2.75) is 0 Å². The van der Waals surface area contributed by atoms with Gasteiger partial charge in [-0.15, -0.1) is 6.58 Å². The molecule has 194 valence electrons. The monoisotopic (exact) mass is 521 g/mol. The Labute approximate surface area is 217 Å². The molecule has 0 spiro atoms. The fourth-order valence-electron chi connectivity index (χ4n) is 3.70. The Balaban J connectivity index is 1.58. The number of aromatic nitrogens is 2. The van der Waals surface area contributed by atoms with Gasteiger partial charge >= 0.3 is 0 Å². The minimum Gasteiger partial charge on any atom is -0.378 e. The second-order valence-electron chi connectivity index (χ2n) is 8.67. The summed E-state index contributed by atoms with van der Waals surface area (Å²) in [6, 6.07) is 15.1. The highest BCUT2D eigenvalue weighted by Gasteiger charge is 2.16. The summed E-state index contributed by atoms with van der Waals surface area (Å²) in [6.45, 7) is 7.12. The molecular formula is C26H31N7O3S. The van der Waals surface area contributed by atoms with Crippen molar-refractivity contribution < 1.29 is 13.7 Å². The lowest BCUT2D eigenvalue weighted by atomic mass is 10.2. The van der Waals surface area contributed by atoms with Gasteiger partial charge in [-0.3, -0.25) is 4.79 Å². The van der Waals surface area contributed by atoms with E-state index < -0.39 is 9.73 Å². The molecule has 0 bridgehead atoms. The number of hydrogen-bond donors (Lipinski definition) is 3. The van der Waals surface area contributed by atoms with Crippen molar-refractivity contribution in [3.63, 3.8) is 0 Å². The zero-order valence-corrected chi connectivity index (χ0v) is 21.8. The number of hydrogen-bond acceptors (Lipinski definition) is 9. The van der Waals surface area contributed by atoms with E-state index in [2.05, 4.69) is 41.8 Å². The molecule has 1 aliphatic heterocycles. The van der Waals surface area contributed by atoms with Gasteiger partial charge in [0, 0.05) is 65.1 Å². The summed E-state index contributed by atoms with van der Waals surface area (Å²) in [5.41, 5.74) is 3.41. The third-order valence-corrected chi connectivity index (χ3v) is 6.02. The topological polar surface area (TPSA) is 121 Å². The van der Waals surface area contributed by atoms with Crippen LogP contribution in [0.3, 0.4) is 0 Å². The molecule has 3 aromatic rings. The van der Waals surface area contributed by atoms with Crippen LogP contribution >= 0.6 is 0 Å². The number of carbonyl (C=O) groups excluding carboxylic acids is 1. The SMILES string of the molecule is C=CCNC(=O)c1cnc(Nc2ccc(N3CCOCC3)cc2)nc1Nc1cccc(N=S(C)(C)=O)c1. The molecule has 1 fully saturated rings. The first kappa shape index (κ1) is 26.1. The van der Waals surface area contributed by atoms with Gasteiger partial charge in [-0.2, -0.15) is 9.35 Å². The fraction of sp³-hybridized carbons (Fsp3) is 0.269. The molecule has 37 heavy (non-hydrogen) atoms. The smallest absolute Gasteiger partial charge is 0.256 e. The lowest BCUT2D eigenvalue weighted by molar-refractivity contribution is 0.0958. The number of nitrogens with zero attached hydrogens (tertiary/aromatic N) is 4. The molecule has 3 N–H and O–H groups in total. The van der Waals surface area contributed by atoms with Gasteiger partial charge in [0.25, 0.3) is 5.91 Å². The van der Waals surface area contributed by atoms with Crippen LogP contribution in [0, 0.1) is 0 Å². The number of morpholine rings is 1. The summed E-state index contributed by atoms with van der Waals surface area (Å²) in [7, 11) is -2.32. The molecule has 1 saturated heterocycles. The predicted molar refractivity (Wildman–Crippen MR) is 149 cm³/mol. The maximum Gasteiger partial charge on any atom is 0.256 e. The van der Waals surface area contributed by atoms with E-state index in [1.165, 1.54) is 6.20 Å².